The van der Waals surface area contributed by atoms with Crippen LogP contribution in [0.5, 0.6) is 0 Å². The fourth-order valence-electron chi connectivity index (χ4n) is 4.34. The lowest BCUT2D eigenvalue weighted by atomic mass is 9.93. The summed E-state index contributed by atoms with van der Waals surface area (Å²) in [5, 5.41) is 2.94. The Labute approximate surface area is 193 Å². The highest BCUT2D eigenvalue weighted by Crippen LogP contribution is 2.39. The van der Waals surface area contributed by atoms with Crippen molar-refractivity contribution in [3.63, 3.8) is 0 Å². The zero-order chi connectivity index (χ0) is 22.9. The van der Waals surface area contributed by atoms with Crippen molar-refractivity contribution in [2.75, 3.05) is 10.2 Å². The molecule has 1 aliphatic rings. The van der Waals surface area contributed by atoms with Gasteiger partial charge in [0.2, 0.25) is 0 Å². The molecule has 4 aromatic carbocycles. The summed E-state index contributed by atoms with van der Waals surface area (Å²) in [6.07, 6.45) is 0. The van der Waals surface area contributed by atoms with Gasteiger partial charge in [0.15, 0.2) is 0 Å². The second-order valence-corrected chi connectivity index (χ2v) is 8.34. The minimum Gasteiger partial charge on any atom is -0.322 e. The number of hydrogen-bond acceptors (Lipinski definition) is 2. The van der Waals surface area contributed by atoms with E-state index in [1.165, 1.54) is 5.56 Å². The summed E-state index contributed by atoms with van der Waals surface area (Å²) in [7, 11) is 0. The lowest BCUT2D eigenvalue weighted by molar-refractivity contribution is 0.0983. The zero-order valence-corrected chi connectivity index (χ0v) is 18.6. The van der Waals surface area contributed by atoms with E-state index in [1.54, 1.807) is 24.3 Å². The topological polar surface area (TPSA) is 49.4 Å². The molecule has 0 saturated carbocycles. The molecule has 0 fully saturated rings. The predicted molar refractivity (Wildman–Crippen MR) is 133 cm³/mol. The van der Waals surface area contributed by atoms with E-state index in [9.17, 15) is 9.59 Å². The molecule has 4 nitrogen and oxygen atoms in total. The summed E-state index contributed by atoms with van der Waals surface area (Å²) < 4.78 is 0. The quantitative estimate of drug-likeness (QED) is 0.408. The van der Waals surface area contributed by atoms with Gasteiger partial charge in [0.05, 0.1) is 12.2 Å². The lowest BCUT2D eigenvalue weighted by Crippen LogP contribution is -2.33. The summed E-state index contributed by atoms with van der Waals surface area (Å²) in [6, 6.07) is 29.0. The number of para-hydroxylation sites is 1. The van der Waals surface area contributed by atoms with Crippen LogP contribution in [0, 0.1) is 13.8 Å². The smallest absolute Gasteiger partial charge is 0.258 e. The van der Waals surface area contributed by atoms with E-state index in [2.05, 4.69) is 23.5 Å². The fraction of sp³-hybridized carbons (Fsp3) is 0.103. The molecule has 0 unspecified atom stereocenters. The Morgan fingerprint density at radius 1 is 0.758 bits per heavy atom. The molecule has 0 bridgehead atoms. The second-order valence-electron chi connectivity index (χ2n) is 8.34. The molecule has 33 heavy (non-hydrogen) atoms. The van der Waals surface area contributed by atoms with Crippen molar-refractivity contribution in [2.24, 2.45) is 0 Å². The molecule has 162 valence electrons. The predicted octanol–water partition coefficient (Wildman–Crippen LogP) is 6.38. The summed E-state index contributed by atoms with van der Waals surface area (Å²) in [5.41, 5.74) is 8.19. The van der Waals surface area contributed by atoms with E-state index in [1.807, 2.05) is 67.3 Å². The Bertz CT molecular complexity index is 1370. The Hall–Kier alpha value is -4.18. The largest absolute Gasteiger partial charge is 0.322 e. The van der Waals surface area contributed by atoms with Gasteiger partial charge < -0.3 is 10.2 Å². The minimum atomic E-state index is -0.156. The number of benzene rings is 4. The van der Waals surface area contributed by atoms with Crippen LogP contribution in [0.15, 0.2) is 91.0 Å². The Morgan fingerprint density at radius 3 is 2.24 bits per heavy atom. The maximum atomic E-state index is 13.4. The van der Waals surface area contributed by atoms with Crippen LogP contribution in [0.3, 0.4) is 0 Å². The van der Waals surface area contributed by atoms with Crippen LogP contribution in [0.4, 0.5) is 11.4 Å². The average Bonchev–Trinajstić information content (AvgIpc) is 2.85. The van der Waals surface area contributed by atoms with Crippen LogP contribution in [0.1, 0.15) is 37.4 Å². The van der Waals surface area contributed by atoms with Gasteiger partial charge in [-0.2, -0.15) is 0 Å². The first-order valence-corrected chi connectivity index (χ1v) is 11.0. The number of aryl methyl sites for hydroxylation is 1. The summed E-state index contributed by atoms with van der Waals surface area (Å²) in [5.74, 6) is -0.221. The molecule has 0 aromatic heterocycles. The van der Waals surface area contributed by atoms with E-state index in [4.69, 9.17) is 0 Å². The number of hydrogen-bond donors (Lipinski definition) is 1. The molecule has 1 N–H and O–H groups in total. The highest BCUT2D eigenvalue weighted by atomic mass is 16.2. The number of rotatable bonds is 3. The molecule has 4 aromatic rings. The molecular formula is C29H24N2O2. The summed E-state index contributed by atoms with van der Waals surface area (Å²) in [6.45, 7) is 4.46. The number of carbonyl (C=O) groups is 2. The molecule has 0 spiro atoms. The molecule has 1 aliphatic heterocycles. The molecule has 0 radical (unpaired) electrons. The van der Waals surface area contributed by atoms with Gasteiger partial charge in [0.1, 0.15) is 0 Å². The maximum absolute atomic E-state index is 13.4. The molecule has 0 atom stereocenters. The number of amides is 2. The normalized spacial score (nSPS) is 12.0. The van der Waals surface area contributed by atoms with Crippen molar-refractivity contribution in [3.05, 3.63) is 119 Å². The molecule has 5 rings (SSSR count). The van der Waals surface area contributed by atoms with Gasteiger partial charge in [-0.05, 0) is 72.5 Å². The molecule has 0 saturated heterocycles. The third-order valence-corrected chi connectivity index (χ3v) is 6.31. The van der Waals surface area contributed by atoms with Crippen LogP contribution in [-0.2, 0) is 6.54 Å². The number of carbonyl (C=O) groups excluding carboxylic acids is 2. The monoisotopic (exact) mass is 432 g/mol. The van der Waals surface area contributed by atoms with Crippen LogP contribution in [0.2, 0.25) is 0 Å². The zero-order valence-electron chi connectivity index (χ0n) is 18.6. The minimum absolute atomic E-state index is 0.0654. The number of nitrogens with zero attached hydrogens (tertiary/aromatic N) is 1. The summed E-state index contributed by atoms with van der Waals surface area (Å²) in [4.78, 5) is 28.0. The molecule has 4 heteroatoms. The Balaban J connectivity index is 1.38. The SMILES string of the molecule is Cc1cccc(C(=O)Nc2ccc(C(=O)N3Cc4ccccc4-c4ccccc43)cc2)c1C. The van der Waals surface area contributed by atoms with Crippen molar-refractivity contribution >= 4 is 23.2 Å². The van der Waals surface area contributed by atoms with Crippen molar-refractivity contribution in [1.82, 2.24) is 0 Å². The van der Waals surface area contributed by atoms with Gasteiger partial charge in [-0.3, -0.25) is 9.59 Å². The van der Waals surface area contributed by atoms with Gasteiger partial charge in [-0.15, -0.1) is 0 Å². The summed E-state index contributed by atoms with van der Waals surface area (Å²) >= 11 is 0. The molecule has 0 aliphatic carbocycles. The Morgan fingerprint density at radius 2 is 1.45 bits per heavy atom. The average molecular weight is 433 g/mol. The first-order valence-electron chi connectivity index (χ1n) is 11.0. The van der Waals surface area contributed by atoms with Gasteiger partial charge in [0.25, 0.3) is 11.8 Å². The highest BCUT2D eigenvalue weighted by Gasteiger charge is 2.26. The maximum Gasteiger partial charge on any atom is 0.258 e. The van der Waals surface area contributed by atoms with Gasteiger partial charge in [-0.1, -0.05) is 54.6 Å². The van der Waals surface area contributed by atoms with Crippen molar-refractivity contribution in [2.45, 2.75) is 20.4 Å². The first-order chi connectivity index (χ1) is 16.0. The van der Waals surface area contributed by atoms with Crippen molar-refractivity contribution < 1.29 is 9.59 Å². The van der Waals surface area contributed by atoms with Crippen LogP contribution < -0.4 is 10.2 Å². The van der Waals surface area contributed by atoms with E-state index in [0.717, 1.165) is 27.9 Å². The van der Waals surface area contributed by atoms with E-state index >= 15 is 0 Å². The van der Waals surface area contributed by atoms with Crippen LogP contribution >= 0.6 is 0 Å². The first kappa shape index (κ1) is 20.7. The van der Waals surface area contributed by atoms with Crippen molar-refractivity contribution in [1.29, 1.82) is 0 Å². The van der Waals surface area contributed by atoms with E-state index in [-0.39, 0.29) is 11.8 Å². The number of fused-ring (bicyclic) bond motifs is 3. The van der Waals surface area contributed by atoms with Gasteiger partial charge >= 0.3 is 0 Å². The standard InChI is InChI=1S/C29H24N2O2/c1-19-8-7-12-24(20(19)2)28(32)30-23-16-14-21(15-17-23)29(33)31-18-22-9-3-4-10-25(22)26-11-5-6-13-27(26)31/h3-17H,18H2,1-2H3,(H,30,32). The third kappa shape index (κ3) is 3.80. The molecule has 2 amide bonds. The second kappa shape index (κ2) is 8.40. The van der Waals surface area contributed by atoms with Gasteiger partial charge in [0, 0.05) is 22.4 Å². The fourth-order valence-corrected chi connectivity index (χ4v) is 4.34. The third-order valence-electron chi connectivity index (χ3n) is 6.31. The molecular weight excluding hydrogens is 408 g/mol. The van der Waals surface area contributed by atoms with Crippen molar-refractivity contribution in [3.8, 4) is 11.1 Å². The van der Waals surface area contributed by atoms with Crippen LogP contribution in [-0.4, -0.2) is 11.8 Å². The van der Waals surface area contributed by atoms with E-state index in [0.29, 0.717) is 23.4 Å². The highest BCUT2D eigenvalue weighted by molar-refractivity contribution is 6.10. The Kier molecular flexibility index (Phi) is 5.27. The lowest BCUT2D eigenvalue weighted by Gasteiger charge is -2.31. The number of nitrogens with one attached hydrogen (secondary N) is 1. The van der Waals surface area contributed by atoms with Crippen LogP contribution in [0.25, 0.3) is 11.1 Å². The van der Waals surface area contributed by atoms with E-state index < -0.39 is 0 Å². The van der Waals surface area contributed by atoms with Gasteiger partial charge in [-0.25, -0.2) is 0 Å². The number of anilines is 2. The molecule has 1 heterocycles.